The van der Waals surface area contributed by atoms with Crippen molar-refractivity contribution in [1.82, 2.24) is 15.0 Å². The van der Waals surface area contributed by atoms with Gasteiger partial charge in [0.1, 0.15) is 23.2 Å². The van der Waals surface area contributed by atoms with Crippen LogP contribution in [0.1, 0.15) is 36.1 Å². The number of alkyl halides is 2. The maximum Gasteiger partial charge on any atom is 0.303 e. The molecule has 6 rings (SSSR count). The topological polar surface area (TPSA) is 91.0 Å². The zero-order valence-corrected chi connectivity index (χ0v) is 24.5. The molecule has 44 heavy (non-hydrogen) atoms. The van der Waals surface area contributed by atoms with Crippen molar-refractivity contribution in [2.24, 2.45) is 0 Å². The first-order chi connectivity index (χ1) is 20.8. The smallest absolute Gasteiger partial charge is 0.303 e. The van der Waals surface area contributed by atoms with Gasteiger partial charge in [0.05, 0.1) is 5.56 Å². The van der Waals surface area contributed by atoms with Crippen LogP contribution in [-0.4, -0.2) is 45.3 Å². The van der Waals surface area contributed by atoms with Gasteiger partial charge in [-0.15, -0.1) is 0 Å². The van der Waals surface area contributed by atoms with Crippen LogP contribution in [-0.2, 0) is 16.6 Å². The number of carboxylic acids is 1. The zero-order valence-electron chi connectivity index (χ0n) is 23.6. The molecule has 1 aliphatic rings. The van der Waals surface area contributed by atoms with Crippen molar-refractivity contribution >= 4 is 30.1 Å². The zero-order chi connectivity index (χ0) is 31.4. The number of aromatic amines is 2. The van der Waals surface area contributed by atoms with E-state index in [9.17, 15) is 18.0 Å². The van der Waals surface area contributed by atoms with Crippen LogP contribution in [0.15, 0.2) is 60.9 Å². The van der Waals surface area contributed by atoms with Gasteiger partial charge in [-0.25, -0.2) is 26.9 Å². The Morgan fingerprint density at radius 3 is 2.52 bits per heavy atom. The second kappa shape index (κ2) is 11.0. The lowest BCUT2D eigenvalue weighted by Crippen LogP contribution is -2.50. The van der Waals surface area contributed by atoms with Gasteiger partial charge in [0.25, 0.3) is 5.92 Å². The first-order valence-corrected chi connectivity index (χ1v) is 16.0. The van der Waals surface area contributed by atoms with Crippen molar-refractivity contribution < 1.29 is 36.6 Å². The van der Waals surface area contributed by atoms with E-state index in [1.54, 1.807) is 6.20 Å². The number of benzene rings is 3. The number of imidazole rings is 1. The van der Waals surface area contributed by atoms with E-state index in [2.05, 4.69) is 15.0 Å². The summed E-state index contributed by atoms with van der Waals surface area (Å²) < 4.78 is 79.8. The fourth-order valence-corrected chi connectivity index (χ4v) is 7.18. The van der Waals surface area contributed by atoms with Crippen molar-refractivity contribution in [3.05, 3.63) is 95.2 Å². The lowest BCUT2D eigenvalue weighted by Gasteiger charge is -2.47. The first kappa shape index (κ1) is 29.8. The summed E-state index contributed by atoms with van der Waals surface area (Å²) in [7, 11) is -0.801. The third-order valence-corrected chi connectivity index (χ3v) is 9.29. The highest BCUT2D eigenvalue weighted by Crippen LogP contribution is 2.57. The number of H-pyrrole nitrogens is 2. The number of hydrogen-bond donors (Lipinski definition) is 3. The number of halogens is 5. The second-order valence-corrected chi connectivity index (χ2v) is 13.5. The number of carbonyl (C=O) groups is 1. The van der Waals surface area contributed by atoms with Crippen LogP contribution < -0.4 is 10.0 Å². The number of aryl methyl sites for hydroxylation is 1. The number of ether oxygens (including phenoxy) is 1. The molecule has 1 saturated carbocycles. The molecule has 12 heteroatoms. The number of carboxylic acid groups (broad SMARTS) is 1. The van der Waals surface area contributed by atoms with Gasteiger partial charge < -0.3 is 19.8 Å². The molecule has 0 amide bonds. The molecule has 0 unspecified atom stereocenters. The summed E-state index contributed by atoms with van der Waals surface area (Å²) in [4.78, 5) is 21.3. The minimum atomic E-state index is -3.03. The highest BCUT2D eigenvalue weighted by Gasteiger charge is 2.59. The Morgan fingerprint density at radius 1 is 1.05 bits per heavy atom. The monoisotopic (exact) mass is 627 g/mol. The number of rotatable bonds is 9. The fourth-order valence-electron chi connectivity index (χ4n) is 5.95. The number of hydrogen-bond acceptors (Lipinski definition) is 3. The summed E-state index contributed by atoms with van der Waals surface area (Å²) in [5, 5.41) is 10.6. The predicted octanol–water partition coefficient (Wildman–Crippen LogP) is 7.87. The van der Waals surface area contributed by atoms with Crippen LogP contribution in [0.4, 0.5) is 22.0 Å². The Kier molecular flexibility index (Phi) is 7.48. The van der Waals surface area contributed by atoms with Crippen LogP contribution in [0.3, 0.4) is 0 Å². The second-order valence-electron chi connectivity index (χ2n) is 11.3. The van der Waals surface area contributed by atoms with Crippen molar-refractivity contribution in [3.8, 4) is 22.9 Å². The average molecular weight is 628 g/mol. The minimum Gasteiger partial charge on any atom is -0.481 e. The molecule has 1 aliphatic carbocycles. The molecular weight excluding hydrogens is 600 g/mol. The van der Waals surface area contributed by atoms with Crippen molar-refractivity contribution in [2.45, 2.75) is 37.0 Å². The van der Waals surface area contributed by atoms with E-state index in [4.69, 9.17) is 9.84 Å². The molecule has 0 bridgehead atoms. The van der Waals surface area contributed by atoms with Gasteiger partial charge in [-0.1, -0.05) is 14.0 Å². The minimum absolute atomic E-state index is 0.0232. The third-order valence-electron chi connectivity index (χ3n) is 7.95. The van der Waals surface area contributed by atoms with Gasteiger partial charge in [0.15, 0.2) is 11.6 Å². The molecule has 3 aromatic carbocycles. The molecule has 0 saturated heterocycles. The van der Waals surface area contributed by atoms with Gasteiger partial charge in [-0.3, -0.25) is 4.79 Å². The van der Waals surface area contributed by atoms with Crippen LogP contribution in [0, 0.1) is 17.5 Å². The summed E-state index contributed by atoms with van der Waals surface area (Å²) in [5.41, 5.74) is 0.0779. The van der Waals surface area contributed by atoms with Crippen LogP contribution >= 0.6 is 7.92 Å². The van der Waals surface area contributed by atoms with Gasteiger partial charge >= 0.3 is 5.97 Å². The van der Waals surface area contributed by atoms with E-state index < -0.39 is 55.5 Å². The number of aliphatic carboxylic acids is 1. The molecule has 2 aromatic heterocycles. The number of nitrogens with one attached hydrogen (secondary N) is 2. The van der Waals surface area contributed by atoms with Gasteiger partial charge in [0, 0.05) is 65.0 Å². The molecule has 6 nitrogen and oxygen atoms in total. The average Bonchev–Trinajstić information content (AvgIpc) is 3.61. The van der Waals surface area contributed by atoms with E-state index in [0.29, 0.717) is 16.4 Å². The Balaban J connectivity index is 1.36. The summed E-state index contributed by atoms with van der Waals surface area (Å²) >= 11 is 0. The first-order valence-electron chi connectivity index (χ1n) is 13.7. The van der Waals surface area contributed by atoms with Crippen LogP contribution in [0.2, 0.25) is 0 Å². The van der Waals surface area contributed by atoms with E-state index in [1.807, 2.05) is 19.4 Å². The van der Waals surface area contributed by atoms with E-state index in [1.165, 1.54) is 36.5 Å². The summed E-state index contributed by atoms with van der Waals surface area (Å²) in [6.45, 7) is 3.94. The van der Waals surface area contributed by atoms with Crippen molar-refractivity contribution in [2.75, 3.05) is 13.3 Å². The van der Waals surface area contributed by atoms with Crippen LogP contribution in [0.25, 0.3) is 22.3 Å². The quantitative estimate of drug-likeness (QED) is 0.115. The fraction of sp³-hybridized carbons (Fsp3) is 0.250. The molecule has 0 radical (unpaired) electrons. The van der Waals surface area contributed by atoms with Gasteiger partial charge in [-0.2, -0.15) is 0 Å². The SMILES string of the molecule is CP(C)c1c(Oc2ccc(F)c(-c3ncc(C4(c5cc(F)cc(CCC(=O)O)c5)CC(F)(F)C4)[nH]3)c2)c(F)cc2[nH]ccc12. The lowest BCUT2D eigenvalue weighted by molar-refractivity contribution is -0.136. The molecule has 5 aromatic rings. The Morgan fingerprint density at radius 2 is 1.82 bits per heavy atom. The molecule has 2 heterocycles. The van der Waals surface area contributed by atoms with E-state index in [0.717, 1.165) is 17.5 Å². The number of nitrogens with zero attached hydrogens (tertiary/aromatic N) is 1. The standard InChI is InChI=1S/C32H27F5N3O3P/c1-44(2)29-21-7-8-38-25(21)13-24(35)28(29)43-20-4-5-23(34)22(12-20)30-39-14-26(40-30)31(15-32(36,37)16-31)18-9-17(3-6-27(41)42)10-19(33)11-18/h4-5,7-14,38H,3,6,15-16H2,1-2H3,(H,39,40)(H,41,42). The van der Waals surface area contributed by atoms with Crippen molar-refractivity contribution in [1.29, 1.82) is 0 Å². The maximum atomic E-state index is 15.2. The lowest BCUT2D eigenvalue weighted by atomic mass is 9.60. The highest BCUT2D eigenvalue weighted by molar-refractivity contribution is 7.64. The molecule has 0 spiro atoms. The Bertz CT molecular complexity index is 1890. The largest absolute Gasteiger partial charge is 0.481 e. The highest BCUT2D eigenvalue weighted by atomic mass is 31.1. The van der Waals surface area contributed by atoms with Gasteiger partial charge in [0.2, 0.25) is 0 Å². The molecule has 0 atom stereocenters. The molecule has 228 valence electrons. The summed E-state index contributed by atoms with van der Waals surface area (Å²) in [6, 6.07) is 10.9. The van der Waals surface area contributed by atoms with E-state index in [-0.39, 0.29) is 47.0 Å². The molecule has 1 fully saturated rings. The van der Waals surface area contributed by atoms with Gasteiger partial charge in [-0.05, 0) is 67.3 Å². The Hall–Kier alpha value is -4.24. The Labute approximate surface area is 250 Å². The molecular formula is C32H27F5N3O3P. The summed E-state index contributed by atoms with van der Waals surface area (Å²) in [5.74, 6) is -5.84. The predicted molar refractivity (Wildman–Crippen MR) is 158 cm³/mol. The maximum absolute atomic E-state index is 15.2. The third kappa shape index (κ3) is 5.45. The van der Waals surface area contributed by atoms with E-state index >= 15 is 8.78 Å². The van der Waals surface area contributed by atoms with Crippen molar-refractivity contribution in [3.63, 3.8) is 0 Å². The van der Waals surface area contributed by atoms with Crippen LogP contribution in [0.5, 0.6) is 11.5 Å². The summed E-state index contributed by atoms with van der Waals surface area (Å²) in [6.07, 6.45) is 1.52. The normalized spacial score (nSPS) is 15.5. The molecule has 0 aliphatic heterocycles. The molecule has 3 N–H and O–H groups in total. The number of fused-ring (bicyclic) bond motifs is 1. The number of aromatic nitrogens is 3.